The quantitative estimate of drug-likeness (QED) is 0.797. The summed E-state index contributed by atoms with van der Waals surface area (Å²) in [6.45, 7) is 1.88. The molecule has 0 spiro atoms. The fourth-order valence-corrected chi connectivity index (χ4v) is 2.40. The highest BCUT2D eigenvalue weighted by Crippen LogP contribution is 2.15. The number of carbonyl (C=O) groups excluding carboxylic acids is 1. The summed E-state index contributed by atoms with van der Waals surface area (Å²) in [6.07, 6.45) is 3.07. The molecule has 0 aliphatic rings. The van der Waals surface area contributed by atoms with Gasteiger partial charge in [0, 0.05) is 0 Å². The van der Waals surface area contributed by atoms with Gasteiger partial charge in [0.1, 0.15) is 12.7 Å². The second kappa shape index (κ2) is 7.60. The Kier molecular flexibility index (Phi) is 5.54. The van der Waals surface area contributed by atoms with Crippen molar-refractivity contribution in [2.75, 3.05) is 11.5 Å². The topological polar surface area (TPSA) is 97.1 Å². The first-order chi connectivity index (χ1) is 10.6. The lowest BCUT2D eigenvalue weighted by Gasteiger charge is -2.14. The van der Waals surface area contributed by atoms with Crippen molar-refractivity contribution in [1.29, 1.82) is 0 Å². The molecular weight excluding hydrogens is 304 g/mol. The Hall–Kier alpha value is -2.35. The molecule has 1 aromatic heterocycles. The van der Waals surface area contributed by atoms with Gasteiger partial charge in [0.2, 0.25) is 5.91 Å². The standard InChI is InChI=1S/C14H16N4O3S/c1-10(17-13(19)6-22-7-14(20)21)11-2-4-12(5-3-11)18-9-15-8-16-18/h2-5,8-10H,6-7H2,1H3,(H,17,19)(H,20,21). The number of benzene rings is 1. The van der Waals surface area contributed by atoms with Gasteiger partial charge in [0.15, 0.2) is 0 Å². The molecule has 0 bridgehead atoms. The Balaban J connectivity index is 1.88. The van der Waals surface area contributed by atoms with Crippen LogP contribution in [0.2, 0.25) is 0 Å². The number of thioether (sulfide) groups is 1. The van der Waals surface area contributed by atoms with Crippen molar-refractivity contribution in [3.63, 3.8) is 0 Å². The number of rotatable bonds is 7. The molecule has 2 rings (SSSR count). The molecule has 0 radical (unpaired) electrons. The summed E-state index contributed by atoms with van der Waals surface area (Å²) in [4.78, 5) is 26.0. The van der Waals surface area contributed by atoms with Crippen LogP contribution < -0.4 is 5.32 Å². The molecule has 8 heteroatoms. The number of aliphatic carboxylic acids is 1. The summed E-state index contributed by atoms with van der Waals surface area (Å²) in [7, 11) is 0. The molecule has 0 aliphatic carbocycles. The van der Waals surface area contributed by atoms with Crippen molar-refractivity contribution in [2.24, 2.45) is 0 Å². The van der Waals surface area contributed by atoms with Crippen LogP contribution in [0, 0.1) is 0 Å². The minimum atomic E-state index is -0.922. The maximum atomic E-state index is 11.7. The number of hydrogen-bond donors (Lipinski definition) is 2. The lowest BCUT2D eigenvalue weighted by molar-refractivity contribution is -0.133. The average Bonchev–Trinajstić information content (AvgIpc) is 3.01. The van der Waals surface area contributed by atoms with Gasteiger partial charge in [-0.2, -0.15) is 5.10 Å². The molecule has 1 unspecified atom stereocenters. The third-order valence-electron chi connectivity index (χ3n) is 2.91. The summed E-state index contributed by atoms with van der Waals surface area (Å²) in [6, 6.07) is 7.46. The van der Waals surface area contributed by atoms with Crippen LogP contribution in [-0.2, 0) is 9.59 Å². The predicted octanol–water partition coefficient (Wildman–Crippen LogP) is 1.26. The summed E-state index contributed by atoms with van der Waals surface area (Å²) < 4.78 is 1.65. The Labute approximate surface area is 131 Å². The van der Waals surface area contributed by atoms with E-state index in [1.54, 1.807) is 11.0 Å². The Morgan fingerprint density at radius 1 is 1.32 bits per heavy atom. The molecule has 2 aromatic rings. The van der Waals surface area contributed by atoms with Gasteiger partial charge >= 0.3 is 5.97 Å². The van der Waals surface area contributed by atoms with Gasteiger partial charge in [-0.3, -0.25) is 9.59 Å². The van der Waals surface area contributed by atoms with Crippen LogP contribution in [0.4, 0.5) is 0 Å². The lowest BCUT2D eigenvalue weighted by Crippen LogP contribution is -2.28. The van der Waals surface area contributed by atoms with E-state index >= 15 is 0 Å². The number of nitrogens with one attached hydrogen (secondary N) is 1. The van der Waals surface area contributed by atoms with Crippen LogP contribution in [-0.4, -0.2) is 43.3 Å². The zero-order valence-corrected chi connectivity index (χ0v) is 12.8. The molecule has 1 aromatic carbocycles. The molecule has 7 nitrogen and oxygen atoms in total. The largest absolute Gasteiger partial charge is 0.481 e. The van der Waals surface area contributed by atoms with E-state index in [0.29, 0.717) is 0 Å². The molecule has 1 atom stereocenters. The van der Waals surface area contributed by atoms with Crippen LogP contribution in [0.1, 0.15) is 18.5 Å². The van der Waals surface area contributed by atoms with Gasteiger partial charge in [-0.05, 0) is 24.6 Å². The molecule has 0 saturated heterocycles. The van der Waals surface area contributed by atoms with Crippen LogP contribution in [0.25, 0.3) is 5.69 Å². The smallest absolute Gasteiger partial charge is 0.313 e. The fraction of sp³-hybridized carbons (Fsp3) is 0.286. The van der Waals surface area contributed by atoms with Crippen molar-refractivity contribution in [2.45, 2.75) is 13.0 Å². The maximum absolute atomic E-state index is 11.7. The van der Waals surface area contributed by atoms with Gasteiger partial charge in [-0.15, -0.1) is 11.8 Å². The minimum absolute atomic E-state index is 0.0750. The summed E-state index contributed by atoms with van der Waals surface area (Å²) in [5.41, 5.74) is 1.84. The molecule has 0 fully saturated rings. The van der Waals surface area contributed by atoms with Gasteiger partial charge in [-0.25, -0.2) is 9.67 Å². The number of hydrogen-bond acceptors (Lipinski definition) is 5. The number of aromatic nitrogens is 3. The van der Waals surface area contributed by atoms with Gasteiger partial charge in [0.25, 0.3) is 0 Å². The van der Waals surface area contributed by atoms with Crippen LogP contribution in [0.15, 0.2) is 36.9 Å². The van der Waals surface area contributed by atoms with E-state index in [2.05, 4.69) is 15.4 Å². The number of carboxylic acid groups (broad SMARTS) is 1. The van der Waals surface area contributed by atoms with Gasteiger partial charge in [0.05, 0.1) is 23.2 Å². The number of nitrogens with zero attached hydrogens (tertiary/aromatic N) is 3. The highest BCUT2D eigenvalue weighted by molar-refractivity contribution is 8.00. The zero-order valence-electron chi connectivity index (χ0n) is 12.0. The highest BCUT2D eigenvalue weighted by atomic mass is 32.2. The third kappa shape index (κ3) is 4.59. The highest BCUT2D eigenvalue weighted by Gasteiger charge is 2.10. The fourth-order valence-electron chi connectivity index (χ4n) is 1.85. The van der Waals surface area contributed by atoms with E-state index in [-0.39, 0.29) is 23.5 Å². The molecule has 0 saturated carbocycles. The monoisotopic (exact) mass is 320 g/mol. The van der Waals surface area contributed by atoms with E-state index in [1.165, 1.54) is 6.33 Å². The number of amides is 1. The lowest BCUT2D eigenvalue weighted by atomic mass is 10.1. The normalized spacial score (nSPS) is 11.9. The van der Waals surface area contributed by atoms with Crippen molar-refractivity contribution in [3.8, 4) is 5.69 Å². The van der Waals surface area contributed by atoms with Crippen molar-refractivity contribution in [1.82, 2.24) is 20.1 Å². The molecule has 0 aliphatic heterocycles. The molecule has 2 N–H and O–H groups in total. The molecular formula is C14H16N4O3S. The summed E-state index contributed by atoms with van der Waals surface area (Å²) >= 11 is 1.08. The van der Waals surface area contributed by atoms with Crippen LogP contribution in [0.5, 0.6) is 0 Å². The van der Waals surface area contributed by atoms with E-state index in [1.807, 2.05) is 31.2 Å². The Bertz CT molecular complexity index is 628. The van der Waals surface area contributed by atoms with E-state index in [9.17, 15) is 9.59 Å². The predicted molar refractivity (Wildman–Crippen MR) is 82.9 cm³/mol. The first-order valence-corrected chi connectivity index (χ1v) is 7.75. The second-order valence-corrected chi connectivity index (χ2v) is 5.59. The first-order valence-electron chi connectivity index (χ1n) is 6.60. The van der Waals surface area contributed by atoms with Gasteiger partial charge < -0.3 is 10.4 Å². The SMILES string of the molecule is CC(NC(=O)CSCC(=O)O)c1ccc(-n2cncn2)cc1. The van der Waals surface area contributed by atoms with Crippen molar-refractivity contribution < 1.29 is 14.7 Å². The van der Waals surface area contributed by atoms with Crippen LogP contribution >= 0.6 is 11.8 Å². The molecule has 116 valence electrons. The van der Waals surface area contributed by atoms with E-state index in [0.717, 1.165) is 23.0 Å². The van der Waals surface area contributed by atoms with Gasteiger partial charge in [-0.1, -0.05) is 12.1 Å². The Morgan fingerprint density at radius 3 is 2.64 bits per heavy atom. The third-order valence-corrected chi connectivity index (χ3v) is 3.83. The summed E-state index contributed by atoms with van der Waals surface area (Å²) in [5.74, 6) is -1.05. The maximum Gasteiger partial charge on any atom is 0.313 e. The average molecular weight is 320 g/mol. The van der Waals surface area contributed by atoms with Crippen molar-refractivity contribution in [3.05, 3.63) is 42.5 Å². The summed E-state index contributed by atoms with van der Waals surface area (Å²) in [5, 5.41) is 15.4. The zero-order chi connectivity index (χ0) is 15.9. The Morgan fingerprint density at radius 2 is 2.05 bits per heavy atom. The van der Waals surface area contributed by atoms with Crippen molar-refractivity contribution >= 4 is 23.6 Å². The van der Waals surface area contributed by atoms with Crippen LogP contribution in [0.3, 0.4) is 0 Å². The molecule has 1 heterocycles. The first kappa shape index (κ1) is 16.0. The van der Waals surface area contributed by atoms with E-state index in [4.69, 9.17) is 5.11 Å². The van der Waals surface area contributed by atoms with E-state index < -0.39 is 5.97 Å². The second-order valence-electron chi connectivity index (χ2n) is 4.61. The molecule has 1 amide bonds. The number of carbonyl (C=O) groups is 2. The molecule has 22 heavy (non-hydrogen) atoms. The minimum Gasteiger partial charge on any atom is -0.481 e. The number of carboxylic acids is 1.